The van der Waals surface area contributed by atoms with Gasteiger partial charge in [0, 0.05) is 24.4 Å². The second kappa shape index (κ2) is 7.67. The van der Waals surface area contributed by atoms with E-state index in [0.29, 0.717) is 16.6 Å². The fraction of sp³-hybridized carbons (Fsp3) is 0.190. The van der Waals surface area contributed by atoms with Gasteiger partial charge in [0.1, 0.15) is 6.54 Å². The van der Waals surface area contributed by atoms with Gasteiger partial charge < -0.3 is 10.0 Å². The SMILES string of the molecule is CC1=CC(=O)C(C(=O)/C=C/c2cc3ccccc3n(CC(=O)O)c2=O)C(=O)N1C. The van der Waals surface area contributed by atoms with Gasteiger partial charge >= 0.3 is 5.97 Å². The van der Waals surface area contributed by atoms with Gasteiger partial charge in [-0.1, -0.05) is 18.2 Å². The lowest BCUT2D eigenvalue weighted by Crippen LogP contribution is -2.43. The van der Waals surface area contributed by atoms with Crippen molar-refractivity contribution in [3.05, 3.63) is 64.1 Å². The first kappa shape index (κ1) is 19.9. The highest BCUT2D eigenvalue weighted by Gasteiger charge is 2.37. The highest BCUT2D eigenvalue weighted by atomic mass is 16.4. The minimum absolute atomic E-state index is 0.0779. The Morgan fingerprint density at radius 2 is 1.86 bits per heavy atom. The number of ketones is 2. The third kappa shape index (κ3) is 3.77. The summed E-state index contributed by atoms with van der Waals surface area (Å²) >= 11 is 0. The quantitative estimate of drug-likeness (QED) is 0.603. The summed E-state index contributed by atoms with van der Waals surface area (Å²) < 4.78 is 1.10. The summed E-state index contributed by atoms with van der Waals surface area (Å²) in [6.07, 6.45) is 3.45. The lowest BCUT2D eigenvalue weighted by molar-refractivity contribution is -0.143. The fourth-order valence-electron chi connectivity index (χ4n) is 3.17. The summed E-state index contributed by atoms with van der Waals surface area (Å²) in [5.74, 6) is -4.65. The molecule has 0 bridgehead atoms. The zero-order chi connectivity index (χ0) is 21.3. The summed E-state index contributed by atoms with van der Waals surface area (Å²) in [6, 6.07) is 8.29. The van der Waals surface area contributed by atoms with Crippen LogP contribution in [0, 0.1) is 5.92 Å². The molecule has 2 heterocycles. The molecule has 148 valence electrons. The van der Waals surface area contributed by atoms with Crippen LogP contribution in [0.1, 0.15) is 12.5 Å². The van der Waals surface area contributed by atoms with E-state index in [1.807, 2.05) is 0 Å². The molecule has 29 heavy (non-hydrogen) atoms. The number of carbonyl (C=O) groups is 4. The second-order valence-electron chi connectivity index (χ2n) is 6.70. The van der Waals surface area contributed by atoms with Crippen molar-refractivity contribution in [2.45, 2.75) is 13.5 Å². The first-order chi connectivity index (χ1) is 13.7. The van der Waals surface area contributed by atoms with Crippen molar-refractivity contribution in [3.63, 3.8) is 0 Å². The van der Waals surface area contributed by atoms with Crippen molar-refractivity contribution in [3.8, 4) is 0 Å². The van der Waals surface area contributed by atoms with E-state index < -0.39 is 41.5 Å². The summed E-state index contributed by atoms with van der Waals surface area (Å²) in [7, 11) is 1.47. The summed E-state index contributed by atoms with van der Waals surface area (Å²) in [6.45, 7) is 1.05. The van der Waals surface area contributed by atoms with E-state index >= 15 is 0 Å². The van der Waals surface area contributed by atoms with E-state index in [1.54, 1.807) is 31.2 Å². The summed E-state index contributed by atoms with van der Waals surface area (Å²) in [5.41, 5.74) is 0.376. The molecule has 8 heteroatoms. The minimum Gasteiger partial charge on any atom is -0.480 e. The van der Waals surface area contributed by atoms with Gasteiger partial charge in [-0.15, -0.1) is 0 Å². The molecule has 3 rings (SSSR count). The Balaban J connectivity index is 2.01. The van der Waals surface area contributed by atoms with Crippen LogP contribution in [-0.2, 0) is 25.7 Å². The number of nitrogens with zero attached hydrogens (tertiary/aromatic N) is 2. The number of pyridine rings is 1. The predicted octanol–water partition coefficient (Wildman–Crippen LogP) is 1.23. The van der Waals surface area contributed by atoms with Gasteiger partial charge in [-0.25, -0.2) is 0 Å². The Hall–Kier alpha value is -3.81. The van der Waals surface area contributed by atoms with Crippen LogP contribution < -0.4 is 5.56 Å². The normalized spacial score (nSPS) is 17.1. The number of para-hydroxylation sites is 1. The number of hydrogen-bond donors (Lipinski definition) is 1. The van der Waals surface area contributed by atoms with Crippen LogP contribution in [0.4, 0.5) is 0 Å². The molecule has 1 aromatic carbocycles. The van der Waals surface area contributed by atoms with Gasteiger partial charge in [-0.05, 0) is 36.6 Å². The number of carboxylic acid groups (broad SMARTS) is 1. The Morgan fingerprint density at radius 3 is 2.55 bits per heavy atom. The number of carbonyl (C=O) groups excluding carboxylic acids is 3. The average molecular weight is 394 g/mol. The van der Waals surface area contributed by atoms with Crippen molar-refractivity contribution in [1.82, 2.24) is 9.47 Å². The molecule has 0 fully saturated rings. The van der Waals surface area contributed by atoms with Crippen molar-refractivity contribution < 1.29 is 24.3 Å². The van der Waals surface area contributed by atoms with Crippen LogP contribution in [-0.4, -0.2) is 45.1 Å². The number of fused-ring (bicyclic) bond motifs is 1. The number of hydrogen-bond acceptors (Lipinski definition) is 5. The maximum absolute atomic E-state index is 12.7. The standard InChI is InChI=1S/C21H18N2O6/c1-12-9-17(25)19(21(29)22(12)2)16(24)8-7-14-10-13-5-3-4-6-15(13)23(20(14)28)11-18(26)27/h3-10,19H,11H2,1-2H3,(H,26,27)/b8-7+. The minimum atomic E-state index is -1.48. The third-order valence-corrected chi connectivity index (χ3v) is 4.78. The monoisotopic (exact) mass is 394 g/mol. The molecule has 1 N–H and O–H groups in total. The van der Waals surface area contributed by atoms with E-state index in [2.05, 4.69) is 0 Å². The molecule has 1 unspecified atom stereocenters. The van der Waals surface area contributed by atoms with Crippen LogP contribution in [0.3, 0.4) is 0 Å². The lowest BCUT2D eigenvalue weighted by Gasteiger charge is -2.25. The number of benzene rings is 1. The number of aromatic nitrogens is 1. The molecule has 1 amide bonds. The maximum Gasteiger partial charge on any atom is 0.323 e. The second-order valence-corrected chi connectivity index (χ2v) is 6.70. The Morgan fingerprint density at radius 1 is 1.17 bits per heavy atom. The van der Waals surface area contributed by atoms with Crippen LogP contribution in [0.5, 0.6) is 0 Å². The molecule has 1 aliphatic heterocycles. The highest BCUT2D eigenvalue weighted by molar-refractivity contribution is 6.26. The molecule has 0 spiro atoms. The molecular weight excluding hydrogens is 376 g/mol. The molecule has 0 saturated heterocycles. The van der Waals surface area contributed by atoms with Gasteiger partial charge in [0.2, 0.25) is 5.91 Å². The molecule has 8 nitrogen and oxygen atoms in total. The Bertz CT molecular complexity index is 1170. The first-order valence-electron chi connectivity index (χ1n) is 8.76. The van der Waals surface area contributed by atoms with Crippen LogP contribution in [0.2, 0.25) is 0 Å². The van der Waals surface area contributed by atoms with E-state index in [-0.39, 0.29) is 5.56 Å². The Kier molecular flexibility index (Phi) is 5.27. The topological polar surface area (TPSA) is 114 Å². The van der Waals surface area contributed by atoms with Crippen molar-refractivity contribution >= 4 is 40.4 Å². The number of rotatable bonds is 5. The number of amides is 1. The molecule has 2 aromatic rings. The van der Waals surface area contributed by atoms with Crippen LogP contribution >= 0.6 is 0 Å². The molecule has 1 aliphatic rings. The zero-order valence-corrected chi connectivity index (χ0v) is 15.8. The third-order valence-electron chi connectivity index (χ3n) is 4.78. The largest absolute Gasteiger partial charge is 0.480 e. The molecular formula is C21H18N2O6. The molecule has 1 aromatic heterocycles. The van der Waals surface area contributed by atoms with Crippen LogP contribution in [0.25, 0.3) is 17.0 Å². The smallest absolute Gasteiger partial charge is 0.323 e. The number of aliphatic carboxylic acids is 1. The van der Waals surface area contributed by atoms with E-state index in [0.717, 1.165) is 10.6 Å². The van der Waals surface area contributed by atoms with Gasteiger partial charge in [0.05, 0.1) is 5.52 Å². The first-order valence-corrected chi connectivity index (χ1v) is 8.76. The van der Waals surface area contributed by atoms with Crippen molar-refractivity contribution in [1.29, 1.82) is 0 Å². The molecule has 1 atom stereocenters. The van der Waals surface area contributed by atoms with E-state index in [4.69, 9.17) is 5.11 Å². The van der Waals surface area contributed by atoms with Gasteiger partial charge in [0.25, 0.3) is 5.56 Å². The lowest BCUT2D eigenvalue weighted by atomic mass is 9.92. The molecule has 0 saturated carbocycles. The average Bonchev–Trinajstić information content (AvgIpc) is 2.67. The van der Waals surface area contributed by atoms with Gasteiger partial charge in [-0.2, -0.15) is 0 Å². The Labute approximate surface area is 165 Å². The molecule has 0 radical (unpaired) electrons. The summed E-state index contributed by atoms with van der Waals surface area (Å²) in [4.78, 5) is 62.0. The number of carboxylic acids is 1. The zero-order valence-electron chi connectivity index (χ0n) is 15.8. The van der Waals surface area contributed by atoms with E-state index in [9.17, 15) is 24.0 Å². The van der Waals surface area contributed by atoms with E-state index in [1.165, 1.54) is 30.2 Å². The van der Waals surface area contributed by atoms with Crippen molar-refractivity contribution in [2.24, 2.45) is 5.92 Å². The fourth-order valence-corrected chi connectivity index (χ4v) is 3.17. The summed E-state index contributed by atoms with van der Waals surface area (Å²) in [5, 5.41) is 9.73. The van der Waals surface area contributed by atoms with Crippen molar-refractivity contribution in [2.75, 3.05) is 7.05 Å². The maximum atomic E-state index is 12.7. The molecule has 0 aliphatic carbocycles. The number of allylic oxidation sites excluding steroid dienone is 3. The predicted molar refractivity (Wildman–Crippen MR) is 105 cm³/mol. The van der Waals surface area contributed by atoms with Crippen LogP contribution in [0.15, 0.2) is 53.0 Å². The van der Waals surface area contributed by atoms with Gasteiger partial charge in [-0.3, -0.25) is 28.5 Å². The highest BCUT2D eigenvalue weighted by Crippen LogP contribution is 2.19. The van der Waals surface area contributed by atoms with Gasteiger partial charge in [0.15, 0.2) is 17.5 Å².